The van der Waals surface area contributed by atoms with Gasteiger partial charge in [0, 0.05) is 35.6 Å². The second-order valence-corrected chi connectivity index (χ2v) is 6.74. The Morgan fingerprint density at radius 2 is 1.92 bits per heavy atom. The fourth-order valence-corrected chi connectivity index (χ4v) is 3.67. The summed E-state index contributed by atoms with van der Waals surface area (Å²) in [7, 11) is 2.13. The minimum atomic E-state index is -0.259. The third-order valence-corrected chi connectivity index (χ3v) is 4.96. The zero-order chi connectivity index (χ0) is 17.2. The van der Waals surface area contributed by atoms with Crippen LogP contribution in [-0.2, 0) is 11.2 Å². The van der Waals surface area contributed by atoms with Crippen molar-refractivity contribution in [2.24, 2.45) is 0 Å². The molecule has 0 saturated carbocycles. The van der Waals surface area contributed by atoms with E-state index in [0.29, 0.717) is 12.2 Å². The number of likely N-dealkylation sites (N-methyl/N-ethyl adjacent to an activating group) is 1. The van der Waals surface area contributed by atoms with E-state index in [4.69, 9.17) is 4.74 Å². The summed E-state index contributed by atoms with van der Waals surface area (Å²) < 4.78 is 5.64. The molecule has 4 rings (SSSR count). The van der Waals surface area contributed by atoms with Gasteiger partial charge >= 0.3 is 5.97 Å². The Morgan fingerprint density at radius 1 is 1.16 bits per heavy atom. The van der Waals surface area contributed by atoms with Crippen molar-refractivity contribution in [3.05, 3.63) is 71.4 Å². The van der Waals surface area contributed by atoms with Gasteiger partial charge < -0.3 is 14.6 Å². The number of hydrogen-bond donors (Lipinski definition) is 1. The van der Waals surface area contributed by atoms with Gasteiger partial charge in [-0.25, -0.2) is 4.79 Å². The maximum absolute atomic E-state index is 12.3. The Balaban J connectivity index is 1.59. The van der Waals surface area contributed by atoms with Gasteiger partial charge in [-0.3, -0.25) is 0 Å². The first-order chi connectivity index (χ1) is 12.2. The van der Waals surface area contributed by atoms with Crippen LogP contribution in [0.5, 0.6) is 0 Å². The summed E-state index contributed by atoms with van der Waals surface area (Å²) in [6, 6.07) is 17.6. The number of carbonyl (C=O) groups excluding carboxylic acids is 1. The highest BCUT2D eigenvalue weighted by Crippen LogP contribution is 2.31. The molecule has 1 aromatic heterocycles. The zero-order valence-corrected chi connectivity index (χ0v) is 14.4. The normalized spacial score (nSPS) is 17.9. The third kappa shape index (κ3) is 3.17. The van der Waals surface area contributed by atoms with E-state index in [1.807, 2.05) is 18.2 Å². The number of nitrogens with one attached hydrogen (secondary N) is 1. The number of ether oxygens (including phenoxy) is 1. The van der Waals surface area contributed by atoms with Crippen molar-refractivity contribution in [3.8, 4) is 0 Å². The van der Waals surface area contributed by atoms with E-state index in [1.165, 1.54) is 16.6 Å². The zero-order valence-electron chi connectivity index (χ0n) is 14.4. The molecule has 0 saturated heterocycles. The van der Waals surface area contributed by atoms with Crippen LogP contribution in [0.3, 0.4) is 0 Å². The molecule has 3 aromatic rings. The lowest BCUT2D eigenvalue weighted by Gasteiger charge is -2.20. The SMILES string of the molecule is CN1CCc2c([nH]c3ccccc23)C(COC(=O)c2ccccc2)C1. The molecule has 0 aliphatic carbocycles. The quantitative estimate of drug-likeness (QED) is 0.745. The fraction of sp³-hybridized carbons (Fsp3) is 0.286. The largest absolute Gasteiger partial charge is 0.461 e. The Kier molecular flexibility index (Phi) is 4.28. The van der Waals surface area contributed by atoms with Crippen LogP contribution in [0.25, 0.3) is 10.9 Å². The summed E-state index contributed by atoms with van der Waals surface area (Å²) in [5.74, 6) is -0.104. The Morgan fingerprint density at radius 3 is 2.76 bits per heavy atom. The van der Waals surface area contributed by atoms with E-state index >= 15 is 0 Å². The molecular weight excluding hydrogens is 312 g/mol. The molecule has 1 atom stereocenters. The molecule has 25 heavy (non-hydrogen) atoms. The summed E-state index contributed by atoms with van der Waals surface area (Å²) in [6.45, 7) is 2.28. The predicted molar refractivity (Wildman–Crippen MR) is 99.0 cm³/mol. The molecule has 1 aliphatic heterocycles. The summed E-state index contributed by atoms with van der Waals surface area (Å²) in [5, 5.41) is 1.28. The van der Waals surface area contributed by atoms with Crippen molar-refractivity contribution in [2.75, 3.05) is 26.7 Å². The highest BCUT2D eigenvalue weighted by molar-refractivity contribution is 5.89. The van der Waals surface area contributed by atoms with E-state index in [9.17, 15) is 4.79 Å². The topological polar surface area (TPSA) is 45.3 Å². The highest BCUT2D eigenvalue weighted by atomic mass is 16.5. The molecule has 1 unspecified atom stereocenters. The predicted octanol–water partition coefficient (Wildman–Crippen LogP) is 3.60. The van der Waals surface area contributed by atoms with E-state index in [0.717, 1.165) is 25.0 Å². The molecule has 0 radical (unpaired) electrons. The van der Waals surface area contributed by atoms with Crippen LogP contribution in [0.15, 0.2) is 54.6 Å². The average Bonchev–Trinajstić information content (AvgIpc) is 2.94. The first kappa shape index (κ1) is 15.9. The van der Waals surface area contributed by atoms with Gasteiger partial charge in [-0.1, -0.05) is 36.4 Å². The number of para-hydroxylation sites is 1. The van der Waals surface area contributed by atoms with Gasteiger partial charge in [0.25, 0.3) is 0 Å². The van der Waals surface area contributed by atoms with Gasteiger partial charge in [0.2, 0.25) is 0 Å². The van der Waals surface area contributed by atoms with Crippen molar-refractivity contribution < 1.29 is 9.53 Å². The van der Waals surface area contributed by atoms with Crippen molar-refractivity contribution in [1.29, 1.82) is 0 Å². The smallest absolute Gasteiger partial charge is 0.338 e. The number of esters is 1. The third-order valence-electron chi connectivity index (χ3n) is 4.96. The van der Waals surface area contributed by atoms with Crippen LogP contribution in [0.2, 0.25) is 0 Å². The lowest BCUT2D eigenvalue weighted by Crippen LogP contribution is -2.27. The molecule has 4 heteroatoms. The molecule has 0 amide bonds. The Hall–Kier alpha value is -2.59. The molecule has 1 aliphatic rings. The Labute approximate surface area is 147 Å². The monoisotopic (exact) mass is 334 g/mol. The number of H-pyrrole nitrogens is 1. The lowest BCUT2D eigenvalue weighted by molar-refractivity contribution is 0.0465. The van der Waals surface area contributed by atoms with Gasteiger partial charge in [0.15, 0.2) is 0 Å². The van der Waals surface area contributed by atoms with Crippen LogP contribution in [-0.4, -0.2) is 42.6 Å². The minimum absolute atomic E-state index is 0.155. The number of hydrogen-bond acceptors (Lipinski definition) is 3. The van der Waals surface area contributed by atoms with Gasteiger partial charge in [0.1, 0.15) is 6.61 Å². The summed E-state index contributed by atoms with van der Waals surface area (Å²) in [4.78, 5) is 18.2. The molecule has 2 aromatic carbocycles. The number of aromatic amines is 1. The van der Waals surface area contributed by atoms with Crippen LogP contribution in [0.1, 0.15) is 27.5 Å². The second-order valence-electron chi connectivity index (χ2n) is 6.74. The van der Waals surface area contributed by atoms with Crippen LogP contribution in [0, 0.1) is 0 Å². The number of fused-ring (bicyclic) bond motifs is 3. The molecule has 0 fully saturated rings. The number of carbonyl (C=O) groups is 1. The highest BCUT2D eigenvalue weighted by Gasteiger charge is 2.26. The average molecular weight is 334 g/mol. The first-order valence-corrected chi connectivity index (χ1v) is 8.72. The van der Waals surface area contributed by atoms with Crippen LogP contribution in [0.4, 0.5) is 0 Å². The second kappa shape index (κ2) is 6.73. The van der Waals surface area contributed by atoms with Gasteiger partial charge in [-0.05, 0) is 37.2 Å². The van der Waals surface area contributed by atoms with Gasteiger partial charge in [-0.15, -0.1) is 0 Å². The Bertz CT molecular complexity index is 885. The lowest BCUT2D eigenvalue weighted by atomic mass is 10.0. The van der Waals surface area contributed by atoms with Crippen molar-refractivity contribution in [1.82, 2.24) is 9.88 Å². The number of rotatable bonds is 3. The maximum atomic E-state index is 12.3. The van der Waals surface area contributed by atoms with Crippen molar-refractivity contribution in [3.63, 3.8) is 0 Å². The molecule has 0 bridgehead atoms. The van der Waals surface area contributed by atoms with Crippen molar-refractivity contribution >= 4 is 16.9 Å². The number of benzene rings is 2. The van der Waals surface area contributed by atoms with E-state index in [1.54, 1.807) is 12.1 Å². The standard InChI is InChI=1S/C21H22N2O2/c1-23-12-11-18-17-9-5-6-10-19(17)22-20(18)16(13-23)14-25-21(24)15-7-3-2-4-8-15/h2-10,16,22H,11-14H2,1H3. The van der Waals surface area contributed by atoms with E-state index < -0.39 is 0 Å². The minimum Gasteiger partial charge on any atom is -0.461 e. The molecule has 4 nitrogen and oxygen atoms in total. The molecule has 1 N–H and O–H groups in total. The van der Waals surface area contributed by atoms with E-state index in [2.05, 4.69) is 41.2 Å². The number of nitrogens with zero attached hydrogens (tertiary/aromatic N) is 1. The number of aromatic nitrogens is 1. The fourth-order valence-electron chi connectivity index (χ4n) is 3.67. The van der Waals surface area contributed by atoms with Crippen LogP contribution < -0.4 is 0 Å². The molecule has 0 spiro atoms. The summed E-state index contributed by atoms with van der Waals surface area (Å²) in [6.07, 6.45) is 1.01. The molecule has 128 valence electrons. The maximum Gasteiger partial charge on any atom is 0.338 e. The van der Waals surface area contributed by atoms with Crippen LogP contribution >= 0.6 is 0 Å². The summed E-state index contributed by atoms with van der Waals surface area (Å²) in [5.41, 5.74) is 4.34. The first-order valence-electron chi connectivity index (χ1n) is 8.72. The van der Waals surface area contributed by atoms with Crippen molar-refractivity contribution in [2.45, 2.75) is 12.3 Å². The molecular formula is C21H22N2O2. The summed E-state index contributed by atoms with van der Waals surface area (Å²) >= 11 is 0. The molecule has 2 heterocycles. The van der Waals surface area contributed by atoms with E-state index in [-0.39, 0.29) is 11.9 Å². The van der Waals surface area contributed by atoms with Gasteiger partial charge in [0.05, 0.1) is 5.56 Å². The van der Waals surface area contributed by atoms with Gasteiger partial charge in [-0.2, -0.15) is 0 Å².